The number of ether oxygens (including phenoxy) is 3. The third-order valence-electron chi connectivity index (χ3n) is 5.16. The highest BCUT2D eigenvalue weighted by molar-refractivity contribution is 5.87. The molecule has 1 N–H and O–H groups in total. The summed E-state index contributed by atoms with van der Waals surface area (Å²) in [5.41, 5.74) is 4.87. The van der Waals surface area contributed by atoms with Gasteiger partial charge in [-0.05, 0) is 54.8 Å². The maximum atomic E-state index is 11.2. The molecule has 0 aromatic heterocycles. The number of aryl methyl sites for hydroxylation is 1. The van der Waals surface area contributed by atoms with E-state index < -0.39 is 5.97 Å². The Morgan fingerprint density at radius 2 is 1.79 bits per heavy atom. The smallest absolute Gasteiger partial charge is 0.330 e. The quantitative estimate of drug-likeness (QED) is 0.225. The van der Waals surface area contributed by atoms with E-state index in [1.165, 1.54) is 30.9 Å². The fourth-order valence-corrected chi connectivity index (χ4v) is 3.25. The number of rotatable bonds is 10. The van der Waals surface area contributed by atoms with E-state index in [2.05, 4.69) is 42.8 Å². The Hall–Kier alpha value is -3.73. The summed E-state index contributed by atoms with van der Waals surface area (Å²) >= 11 is 0. The van der Waals surface area contributed by atoms with E-state index in [4.69, 9.17) is 9.47 Å². The highest BCUT2D eigenvalue weighted by Crippen LogP contribution is 2.32. The van der Waals surface area contributed by atoms with Crippen LogP contribution in [-0.2, 0) is 16.1 Å². The predicted molar refractivity (Wildman–Crippen MR) is 131 cm³/mol. The fourth-order valence-electron chi connectivity index (χ4n) is 3.25. The molecule has 3 aromatic rings. The van der Waals surface area contributed by atoms with E-state index >= 15 is 0 Å². The summed E-state index contributed by atoms with van der Waals surface area (Å²) in [6.07, 6.45) is 4.88. The molecule has 33 heavy (non-hydrogen) atoms. The molecular formula is C28H30O5. The van der Waals surface area contributed by atoms with Crippen molar-refractivity contribution in [1.29, 1.82) is 0 Å². The van der Waals surface area contributed by atoms with Crippen LogP contribution in [0.2, 0.25) is 0 Å². The fraction of sp³-hybridized carbons (Fsp3) is 0.250. The van der Waals surface area contributed by atoms with Gasteiger partial charge in [0.2, 0.25) is 0 Å². The molecule has 0 radical (unpaired) electrons. The topological polar surface area (TPSA) is 65.0 Å². The zero-order valence-corrected chi connectivity index (χ0v) is 19.3. The van der Waals surface area contributed by atoms with Gasteiger partial charge in [0, 0.05) is 23.3 Å². The molecule has 0 unspecified atom stereocenters. The third kappa shape index (κ3) is 6.88. The zero-order valence-electron chi connectivity index (χ0n) is 19.3. The maximum absolute atomic E-state index is 11.2. The number of hydrogen-bond donors (Lipinski definition) is 1. The molecule has 0 amide bonds. The van der Waals surface area contributed by atoms with Gasteiger partial charge < -0.3 is 19.3 Å². The second kappa shape index (κ2) is 11.8. The van der Waals surface area contributed by atoms with E-state index in [1.54, 1.807) is 12.1 Å². The van der Waals surface area contributed by atoms with Crippen LogP contribution >= 0.6 is 0 Å². The molecule has 0 heterocycles. The number of esters is 1. The normalized spacial score (nSPS) is 10.9. The van der Waals surface area contributed by atoms with Crippen LogP contribution in [0.3, 0.4) is 0 Å². The molecule has 0 saturated carbocycles. The van der Waals surface area contributed by atoms with Crippen LogP contribution in [-0.4, -0.2) is 24.8 Å². The highest BCUT2D eigenvalue weighted by Gasteiger charge is 2.08. The number of aromatic hydroxyl groups is 1. The molecule has 3 rings (SSSR count). The van der Waals surface area contributed by atoms with E-state index in [0.29, 0.717) is 24.5 Å². The number of carbonyl (C=O) groups excluding carboxylic acids is 1. The van der Waals surface area contributed by atoms with Gasteiger partial charge in [-0.1, -0.05) is 49.2 Å². The molecule has 3 aromatic carbocycles. The Morgan fingerprint density at radius 3 is 2.48 bits per heavy atom. The summed E-state index contributed by atoms with van der Waals surface area (Å²) in [6.45, 7) is 5.30. The molecule has 0 aliphatic rings. The van der Waals surface area contributed by atoms with Crippen molar-refractivity contribution in [2.75, 3.05) is 13.7 Å². The monoisotopic (exact) mass is 446 g/mol. The van der Waals surface area contributed by atoms with Gasteiger partial charge in [0.05, 0.1) is 13.7 Å². The van der Waals surface area contributed by atoms with Gasteiger partial charge in [-0.2, -0.15) is 0 Å². The molecule has 0 atom stereocenters. The number of unbranched alkanes of at least 4 members (excludes halogenated alkanes) is 1. The lowest BCUT2D eigenvalue weighted by Gasteiger charge is -2.13. The molecule has 0 spiro atoms. The molecule has 0 aliphatic heterocycles. The van der Waals surface area contributed by atoms with E-state index in [1.807, 2.05) is 18.2 Å². The lowest BCUT2D eigenvalue weighted by molar-refractivity contribution is -0.134. The number of hydrogen-bond acceptors (Lipinski definition) is 5. The van der Waals surface area contributed by atoms with Crippen molar-refractivity contribution in [1.82, 2.24) is 0 Å². The van der Waals surface area contributed by atoms with Crippen LogP contribution in [0.25, 0.3) is 17.2 Å². The van der Waals surface area contributed by atoms with Crippen molar-refractivity contribution in [3.8, 4) is 28.4 Å². The summed E-state index contributed by atoms with van der Waals surface area (Å²) < 4.78 is 16.4. The molecule has 5 nitrogen and oxygen atoms in total. The van der Waals surface area contributed by atoms with Gasteiger partial charge in [-0.3, -0.25) is 0 Å². The Bertz CT molecular complexity index is 1100. The van der Waals surface area contributed by atoms with Crippen LogP contribution in [0.15, 0.2) is 66.7 Å². The second-order valence-electron chi connectivity index (χ2n) is 7.76. The number of carbonyl (C=O) groups is 1. The average Bonchev–Trinajstić information content (AvgIpc) is 2.83. The number of phenolic OH excluding ortho intramolecular Hbond substituents is 1. The van der Waals surface area contributed by atoms with E-state index in [0.717, 1.165) is 35.3 Å². The van der Waals surface area contributed by atoms with Crippen LogP contribution in [0.1, 0.15) is 36.5 Å². The Kier molecular flexibility index (Phi) is 8.53. The Balaban J connectivity index is 1.66. The zero-order chi connectivity index (χ0) is 23.6. The Morgan fingerprint density at radius 1 is 1.00 bits per heavy atom. The van der Waals surface area contributed by atoms with Crippen molar-refractivity contribution in [2.45, 2.75) is 33.3 Å². The van der Waals surface area contributed by atoms with E-state index in [-0.39, 0.29) is 5.75 Å². The van der Waals surface area contributed by atoms with Crippen LogP contribution in [0, 0.1) is 6.92 Å². The van der Waals surface area contributed by atoms with Gasteiger partial charge >= 0.3 is 5.97 Å². The molecule has 0 bridgehead atoms. The SMILES string of the molecule is CCCCOc1ccc(C)cc1-c1ccc(COc2ccc(C=CC(=O)OC)c(O)c2)cc1. The number of benzene rings is 3. The van der Waals surface area contributed by atoms with Crippen molar-refractivity contribution in [3.05, 3.63) is 83.4 Å². The lowest BCUT2D eigenvalue weighted by atomic mass is 10.0. The molecule has 0 fully saturated rings. The molecule has 0 saturated heterocycles. The molecule has 0 aliphatic carbocycles. The standard InChI is InChI=1S/C28H30O5/c1-4-5-16-32-27-14-6-20(2)17-25(27)22-9-7-21(8-10-22)19-33-24-13-11-23(26(29)18-24)12-15-28(30)31-3/h6-15,17-18,29H,4-5,16,19H2,1-3H3. The van der Waals surface area contributed by atoms with Gasteiger partial charge in [0.1, 0.15) is 23.9 Å². The van der Waals surface area contributed by atoms with Gasteiger partial charge in [-0.25, -0.2) is 4.79 Å². The average molecular weight is 447 g/mol. The first-order chi connectivity index (χ1) is 16.0. The minimum absolute atomic E-state index is 0.0260. The summed E-state index contributed by atoms with van der Waals surface area (Å²) in [5, 5.41) is 10.2. The number of methoxy groups -OCH3 is 1. The van der Waals surface area contributed by atoms with Crippen molar-refractivity contribution >= 4 is 12.0 Å². The first-order valence-electron chi connectivity index (χ1n) is 11.0. The number of phenols is 1. The van der Waals surface area contributed by atoms with Gasteiger partial charge in [0.25, 0.3) is 0 Å². The van der Waals surface area contributed by atoms with Gasteiger partial charge in [0.15, 0.2) is 0 Å². The minimum Gasteiger partial charge on any atom is -0.507 e. The molecule has 172 valence electrons. The van der Waals surface area contributed by atoms with Crippen molar-refractivity contribution in [3.63, 3.8) is 0 Å². The van der Waals surface area contributed by atoms with Crippen molar-refractivity contribution < 1.29 is 24.1 Å². The summed E-state index contributed by atoms with van der Waals surface area (Å²) in [4.78, 5) is 11.2. The molecule has 5 heteroatoms. The third-order valence-corrected chi connectivity index (χ3v) is 5.16. The van der Waals surface area contributed by atoms with Crippen molar-refractivity contribution in [2.24, 2.45) is 0 Å². The van der Waals surface area contributed by atoms with Crippen LogP contribution < -0.4 is 9.47 Å². The predicted octanol–water partition coefficient (Wildman–Crippen LogP) is 6.31. The first kappa shape index (κ1) is 23.9. The molecular weight excluding hydrogens is 416 g/mol. The Labute approximate surface area is 195 Å². The highest BCUT2D eigenvalue weighted by atomic mass is 16.5. The maximum Gasteiger partial charge on any atom is 0.330 e. The summed E-state index contributed by atoms with van der Waals surface area (Å²) in [7, 11) is 1.30. The minimum atomic E-state index is -0.483. The van der Waals surface area contributed by atoms with Crippen LogP contribution in [0.5, 0.6) is 17.2 Å². The largest absolute Gasteiger partial charge is 0.507 e. The lowest BCUT2D eigenvalue weighted by Crippen LogP contribution is -1.99. The summed E-state index contributed by atoms with van der Waals surface area (Å²) in [6, 6.07) is 19.4. The van der Waals surface area contributed by atoms with E-state index in [9.17, 15) is 9.90 Å². The van der Waals surface area contributed by atoms with Crippen LogP contribution in [0.4, 0.5) is 0 Å². The summed E-state index contributed by atoms with van der Waals surface area (Å²) in [5.74, 6) is 0.980. The van der Waals surface area contributed by atoms with Gasteiger partial charge in [-0.15, -0.1) is 0 Å². The first-order valence-corrected chi connectivity index (χ1v) is 11.0. The second-order valence-corrected chi connectivity index (χ2v) is 7.76.